The van der Waals surface area contributed by atoms with Crippen LogP contribution >= 0.6 is 0 Å². The molecule has 0 bridgehead atoms. The zero-order valence-electron chi connectivity index (χ0n) is 12.2. The van der Waals surface area contributed by atoms with Crippen LogP contribution < -0.4 is 5.32 Å². The summed E-state index contributed by atoms with van der Waals surface area (Å²) in [5.74, 6) is 0.990. The van der Waals surface area contributed by atoms with Gasteiger partial charge in [-0.05, 0) is 37.8 Å². The number of carbonyl (C=O) groups excluding carboxylic acids is 1. The molecule has 1 fully saturated rings. The molecule has 1 aromatic heterocycles. The molecule has 112 valence electrons. The smallest absolute Gasteiger partial charge is 0.287 e. The van der Waals surface area contributed by atoms with Crippen LogP contribution in [-0.4, -0.2) is 36.4 Å². The molecule has 0 aromatic carbocycles. The van der Waals surface area contributed by atoms with E-state index in [-0.39, 0.29) is 18.1 Å². The number of amides is 1. The van der Waals surface area contributed by atoms with Gasteiger partial charge in [-0.1, -0.05) is 6.92 Å². The van der Waals surface area contributed by atoms with Gasteiger partial charge in [-0.2, -0.15) is 0 Å². The molecule has 5 heteroatoms. The molecular weight excluding hydrogens is 258 g/mol. The summed E-state index contributed by atoms with van der Waals surface area (Å²) < 4.78 is 10.9. The molecule has 0 unspecified atom stereocenters. The van der Waals surface area contributed by atoms with Gasteiger partial charge in [0.2, 0.25) is 0 Å². The molecule has 1 amide bonds. The van der Waals surface area contributed by atoms with Crippen LogP contribution in [-0.2, 0) is 11.2 Å². The lowest BCUT2D eigenvalue weighted by atomic mass is 9.86. The predicted octanol–water partition coefficient (Wildman–Crippen LogP) is 1.81. The average Bonchev–Trinajstić information content (AvgIpc) is 2.81. The third-order valence-electron chi connectivity index (χ3n) is 3.98. The third kappa shape index (κ3) is 3.22. The molecule has 0 aliphatic carbocycles. The Balaban J connectivity index is 2.11. The van der Waals surface area contributed by atoms with Gasteiger partial charge in [-0.15, -0.1) is 0 Å². The molecule has 0 atom stereocenters. The van der Waals surface area contributed by atoms with Crippen LogP contribution in [0.3, 0.4) is 0 Å². The molecule has 1 saturated heterocycles. The van der Waals surface area contributed by atoms with Crippen LogP contribution in [0.25, 0.3) is 0 Å². The Morgan fingerprint density at radius 2 is 2.15 bits per heavy atom. The standard InChI is InChI=1S/C15H23NO4/c1-3-12-11(2)10-13(20-12)14(18)16-15(4-7-17)5-8-19-9-6-15/h10,17H,3-9H2,1-2H3,(H,16,18). The van der Waals surface area contributed by atoms with Crippen molar-refractivity contribution in [3.05, 3.63) is 23.2 Å². The molecule has 1 aromatic rings. The molecule has 5 nitrogen and oxygen atoms in total. The van der Waals surface area contributed by atoms with Crippen molar-refractivity contribution in [1.29, 1.82) is 0 Å². The first-order valence-corrected chi connectivity index (χ1v) is 7.20. The number of nitrogens with one attached hydrogen (secondary N) is 1. The van der Waals surface area contributed by atoms with Crippen LogP contribution in [0.2, 0.25) is 0 Å². The maximum absolute atomic E-state index is 12.3. The molecule has 0 saturated carbocycles. The fraction of sp³-hybridized carbons (Fsp3) is 0.667. The van der Waals surface area contributed by atoms with E-state index in [2.05, 4.69) is 5.32 Å². The lowest BCUT2D eigenvalue weighted by Crippen LogP contribution is -2.52. The van der Waals surface area contributed by atoms with E-state index >= 15 is 0 Å². The maximum Gasteiger partial charge on any atom is 0.287 e. The van der Waals surface area contributed by atoms with Gasteiger partial charge >= 0.3 is 0 Å². The third-order valence-corrected chi connectivity index (χ3v) is 3.98. The number of rotatable bonds is 5. The highest BCUT2D eigenvalue weighted by Gasteiger charge is 2.34. The maximum atomic E-state index is 12.3. The van der Waals surface area contributed by atoms with Crippen molar-refractivity contribution in [2.75, 3.05) is 19.8 Å². The van der Waals surface area contributed by atoms with E-state index in [4.69, 9.17) is 9.15 Å². The summed E-state index contributed by atoms with van der Waals surface area (Å²) in [7, 11) is 0. The van der Waals surface area contributed by atoms with Gasteiger partial charge in [0.1, 0.15) is 5.76 Å². The van der Waals surface area contributed by atoms with E-state index in [9.17, 15) is 9.90 Å². The summed E-state index contributed by atoms with van der Waals surface area (Å²) in [6.07, 6.45) is 2.76. The van der Waals surface area contributed by atoms with Crippen molar-refractivity contribution in [3.63, 3.8) is 0 Å². The highest BCUT2D eigenvalue weighted by Crippen LogP contribution is 2.25. The molecule has 1 aliphatic rings. The first kappa shape index (κ1) is 15.1. The van der Waals surface area contributed by atoms with Crippen molar-refractivity contribution in [3.8, 4) is 0 Å². The Morgan fingerprint density at radius 1 is 1.45 bits per heavy atom. The van der Waals surface area contributed by atoms with Crippen molar-refractivity contribution in [1.82, 2.24) is 5.32 Å². The molecule has 1 aliphatic heterocycles. The van der Waals surface area contributed by atoms with Crippen LogP contribution in [0.4, 0.5) is 0 Å². The zero-order chi connectivity index (χ0) is 14.6. The normalized spacial score (nSPS) is 17.9. The molecule has 2 rings (SSSR count). The van der Waals surface area contributed by atoms with Crippen molar-refractivity contribution < 1.29 is 19.1 Å². The van der Waals surface area contributed by atoms with Crippen LogP contribution in [0.5, 0.6) is 0 Å². The monoisotopic (exact) mass is 281 g/mol. The van der Waals surface area contributed by atoms with Crippen molar-refractivity contribution in [2.45, 2.75) is 45.1 Å². The second-order valence-corrected chi connectivity index (χ2v) is 5.39. The molecule has 0 radical (unpaired) electrons. The van der Waals surface area contributed by atoms with Crippen LogP contribution in [0.15, 0.2) is 10.5 Å². The van der Waals surface area contributed by atoms with Gasteiger partial charge in [0.15, 0.2) is 5.76 Å². The molecular formula is C15H23NO4. The van der Waals surface area contributed by atoms with Crippen LogP contribution in [0.1, 0.15) is 48.1 Å². The van der Waals surface area contributed by atoms with Crippen LogP contribution in [0, 0.1) is 6.92 Å². The summed E-state index contributed by atoms with van der Waals surface area (Å²) in [4.78, 5) is 12.3. The summed E-state index contributed by atoms with van der Waals surface area (Å²) in [5.41, 5.74) is 0.623. The quantitative estimate of drug-likeness (QED) is 0.863. The zero-order valence-corrected chi connectivity index (χ0v) is 12.2. The fourth-order valence-corrected chi connectivity index (χ4v) is 2.70. The number of hydrogen-bond acceptors (Lipinski definition) is 4. The lowest BCUT2D eigenvalue weighted by molar-refractivity contribution is 0.0260. The predicted molar refractivity (Wildman–Crippen MR) is 74.8 cm³/mol. The average molecular weight is 281 g/mol. The largest absolute Gasteiger partial charge is 0.456 e. The Bertz CT molecular complexity index is 455. The molecule has 20 heavy (non-hydrogen) atoms. The molecule has 2 heterocycles. The van der Waals surface area contributed by atoms with Gasteiger partial charge in [0, 0.05) is 31.8 Å². The second-order valence-electron chi connectivity index (χ2n) is 5.39. The number of aliphatic hydroxyl groups is 1. The second kappa shape index (κ2) is 6.41. The number of aliphatic hydroxyl groups excluding tert-OH is 1. The highest BCUT2D eigenvalue weighted by molar-refractivity contribution is 5.92. The number of carbonyl (C=O) groups is 1. The van der Waals surface area contributed by atoms with Gasteiger partial charge in [0.05, 0.1) is 0 Å². The molecule has 0 spiro atoms. The summed E-state index contributed by atoms with van der Waals surface area (Å²) in [6.45, 7) is 5.21. The number of aryl methyl sites for hydroxylation is 2. The van der Waals surface area contributed by atoms with Gasteiger partial charge < -0.3 is 19.6 Å². The Labute approximate surface area is 119 Å². The van der Waals surface area contributed by atoms with Gasteiger partial charge in [-0.3, -0.25) is 4.79 Å². The molecule has 2 N–H and O–H groups in total. The van der Waals surface area contributed by atoms with E-state index in [1.165, 1.54) is 0 Å². The first-order chi connectivity index (χ1) is 9.60. The van der Waals surface area contributed by atoms with E-state index in [0.717, 1.165) is 30.6 Å². The number of hydrogen-bond donors (Lipinski definition) is 2. The Kier molecular flexibility index (Phi) is 4.83. The van der Waals surface area contributed by atoms with Crippen molar-refractivity contribution >= 4 is 5.91 Å². The minimum absolute atomic E-state index is 0.0532. The topological polar surface area (TPSA) is 71.7 Å². The SMILES string of the molecule is CCc1oc(C(=O)NC2(CCO)CCOCC2)cc1C. The minimum Gasteiger partial charge on any atom is -0.456 e. The lowest BCUT2D eigenvalue weighted by Gasteiger charge is -2.37. The fourth-order valence-electron chi connectivity index (χ4n) is 2.70. The summed E-state index contributed by atoms with van der Waals surface area (Å²) >= 11 is 0. The van der Waals surface area contributed by atoms with E-state index in [0.29, 0.717) is 25.4 Å². The highest BCUT2D eigenvalue weighted by atomic mass is 16.5. The Hall–Kier alpha value is -1.33. The van der Waals surface area contributed by atoms with Gasteiger partial charge in [-0.25, -0.2) is 0 Å². The minimum atomic E-state index is -0.378. The van der Waals surface area contributed by atoms with Crippen molar-refractivity contribution in [2.24, 2.45) is 0 Å². The van der Waals surface area contributed by atoms with E-state index in [1.807, 2.05) is 13.8 Å². The summed E-state index contributed by atoms with van der Waals surface area (Å²) in [6, 6.07) is 1.78. The first-order valence-electron chi connectivity index (χ1n) is 7.20. The van der Waals surface area contributed by atoms with E-state index in [1.54, 1.807) is 6.07 Å². The number of furan rings is 1. The summed E-state index contributed by atoms with van der Waals surface area (Å²) in [5, 5.41) is 12.3. The Morgan fingerprint density at radius 3 is 2.70 bits per heavy atom. The van der Waals surface area contributed by atoms with E-state index < -0.39 is 0 Å². The number of ether oxygens (including phenoxy) is 1. The van der Waals surface area contributed by atoms with Gasteiger partial charge in [0.25, 0.3) is 5.91 Å².